The van der Waals surface area contributed by atoms with E-state index in [9.17, 15) is 0 Å². The summed E-state index contributed by atoms with van der Waals surface area (Å²) in [4.78, 5) is 8.78. The highest BCUT2D eigenvalue weighted by Gasteiger charge is 2.24. The molecule has 148 valence electrons. The van der Waals surface area contributed by atoms with Crippen LogP contribution in [0.5, 0.6) is 0 Å². The van der Waals surface area contributed by atoms with Gasteiger partial charge in [0.1, 0.15) is 12.7 Å². The molecule has 1 saturated carbocycles. The van der Waals surface area contributed by atoms with Crippen LogP contribution >= 0.6 is 35.7 Å². The molecule has 1 aliphatic carbocycles. The Kier molecular flexibility index (Phi) is 9.40. The molecule has 2 N–H and O–H groups in total. The van der Waals surface area contributed by atoms with Crippen LogP contribution in [0.1, 0.15) is 37.3 Å². The second kappa shape index (κ2) is 11.5. The van der Waals surface area contributed by atoms with Gasteiger partial charge < -0.3 is 10.6 Å². The van der Waals surface area contributed by atoms with Gasteiger partial charge in [-0.1, -0.05) is 24.3 Å². The molecule has 0 saturated heterocycles. The zero-order valence-electron chi connectivity index (χ0n) is 16.0. The molecule has 0 bridgehead atoms. The smallest absolute Gasteiger partial charge is 0.191 e. The lowest BCUT2D eigenvalue weighted by Crippen LogP contribution is -2.42. The van der Waals surface area contributed by atoms with Crippen LogP contribution in [0.25, 0.3) is 0 Å². The van der Waals surface area contributed by atoms with Crippen molar-refractivity contribution in [3.8, 4) is 0 Å². The summed E-state index contributed by atoms with van der Waals surface area (Å²) in [7, 11) is 0. The highest BCUT2D eigenvalue weighted by molar-refractivity contribution is 14.0. The third-order valence-electron chi connectivity index (χ3n) is 4.63. The lowest BCUT2D eigenvalue weighted by molar-refractivity contribution is 0.615. The first kappa shape index (κ1) is 22.0. The van der Waals surface area contributed by atoms with Gasteiger partial charge in [-0.2, -0.15) is 16.9 Å². The van der Waals surface area contributed by atoms with Crippen molar-refractivity contribution < 1.29 is 0 Å². The normalized spacial score (nSPS) is 19.6. The summed E-state index contributed by atoms with van der Waals surface area (Å²) < 4.78 is 1.83. The predicted octanol–water partition coefficient (Wildman–Crippen LogP) is 3.28. The molecule has 2 unspecified atom stereocenters. The van der Waals surface area contributed by atoms with Crippen LogP contribution in [0.4, 0.5) is 0 Å². The first-order valence-electron chi connectivity index (χ1n) is 9.24. The maximum absolute atomic E-state index is 4.79. The average molecular weight is 500 g/mol. The standard InChI is InChI=1S/C19H28N6S.HI/c1-3-21-19(24-17-7-8-18(10-17)26-2)22-11-15-5-4-6-16(9-15)12-25-14-20-13-23-25;/h4-6,9,13-14,17-18H,3,7-8,10-12H2,1-2H3,(H2,21,22,24);1H. The molecule has 1 fully saturated rings. The molecule has 0 aliphatic heterocycles. The Labute approximate surface area is 183 Å². The first-order chi connectivity index (χ1) is 12.8. The van der Waals surface area contributed by atoms with E-state index in [4.69, 9.17) is 4.99 Å². The molecular weight excluding hydrogens is 471 g/mol. The Bertz CT molecular complexity index is 706. The van der Waals surface area contributed by atoms with Crippen LogP contribution in [0.2, 0.25) is 0 Å². The molecule has 2 atom stereocenters. The van der Waals surface area contributed by atoms with E-state index in [1.165, 1.54) is 30.4 Å². The molecule has 1 heterocycles. The molecule has 6 nitrogen and oxygen atoms in total. The minimum atomic E-state index is 0. The number of aliphatic imine (C=N–C) groups is 1. The van der Waals surface area contributed by atoms with Crippen molar-refractivity contribution >= 4 is 41.7 Å². The molecule has 27 heavy (non-hydrogen) atoms. The number of hydrogen-bond donors (Lipinski definition) is 2. The Morgan fingerprint density at radius 3 is 2.89 bits per heavy atom. The third kappa shape index (κ3) is 6.99. The third-order valence-corrected chi connectivity index (χ3v) is 5.72. The quantitative estimate of drug-likeness (QED) is 0.347. The number of benzene rings is 1. The summed E-state index contributed by atoms with van der Waals surface area (Å²) in [6.45, 7) is 4.37. The van der Waals surface area contributed by atoms with Gasteiger partial charge in [-0.15, -0.1) is 24.0 Å². The van der Waals surface area contributed by atoms with E-state index in [2.05, 4.69) is 58.2 Å². The van der Waals surface area contributed by atoms with E-state index < -0.39 is 0 Å². The number of halogens is 1. The van der Waals surface area contributed by atoms with Crippen molar-refractivity contribution in [3.63, 3.8) is 0 Å². The predicted molar refractivity (Wildman–Crippen MR) is 124 cm³/mol. The number of nitrogens with one attached hydrogen (secondary N) is 2. The van der Waals surface area contributed by atoms with Gasteiger partial charge in [-0.05, 0) is 43.6 Å². The monoisotopic (exact) mass is 500 g/mol. The van der Waals surface area contributed by atoms with Crippen LogP contribution in [-0.4, -0.2) is 44.8 Å². The van der Waals surface area contributed by atoms with Gasteiger partial charge in [0.2, 0.25) is 0 Å². The van der Waals surface area contributed by atoms with E-state index in [0.717, 1.165) is 24.3 Å². The Morgan fingerprint density at radius 1 is 1.33 bits per heavy atom. The second-order valence-electron chi connectivity index (χ2n) is 6.62. The maximum atomic E-state index is 4.79. The lowest BCUT2D eigenvalue weighted by Gasteiger charge is -2.17. The second-order valence-corrected chi connectivity index (χ2v) is 7.76. The number of thioether (sulfide) groups is 1. The van der Waals surface area contributed by atoms with Crippen molar-refractivity contribution in [3.05, 3.63) is 48.0 Å². The van der Waals surface area contributed by atoms with E-state index in [-0.39, 0.29) is 24.0 Å². The fourth-order valence-electron chi connectivity index (χ4n) is 3.30. The highest BCUT2D eigenvalue weighted by atomic mass is 127. The molecule has 1 aromatic carbocycles. The first-order valence-corrected chi connectivity index (χ1v) is 10.5. The summed E-state index contributed by atoms with van der Waals surface area (Å²) in [6, 6.07) is 9.03. The van der Waals surface area contributed by atoms with Crippen molar-refractivity contribution in [2.75, 3.05) is 12.8 Å². The fraction of sp³-hybridized carbons (Fsp3) is 0.526. The minimum absolute atomic E-state index is 0. The molecule has 8 heteroatoms. The van der Waals surface area contributed by atoms with Crippen molar-refractivity contribution in [2.45, 2.75) is 50.6 Å². The van der Waals surface area contributed by atoms with Crippen LogP contribution < -0.4 is 10.6 Å². The maximum Gasteiger partial charge on any atom is 0.191 e. The van der Waals surface area contributed by atoms with Crippen LogP contribution in [0.15, 0.2) is 41.9 Å². The number of aromatic nitrogens is 3. The van der Waals surface area contributed by atoms with E-state index in [1.54, 1.807) is 12.7 Å². The topological polar surface area (TPSA) is 67.1 Å². The molecule has 0 amide bonds. The van der Waals surface area contributed by atoms with Gasteiger partial charge in [-0.3, -0.25) is 0 Å². The number of rotatable bonds is 7. The van der Waals surface area contributed by atoms with Gasteiger partial charge in [0.05, 0.1) is 13.1 Å². The zero-order valence-corrected chi connectivity index (χ0v) is 19.1. The fourth-order valence-corrected chi connectivity index (χ4v) is 4.09. The van der Waals surface area contributed by atoms with Crippen LogP contribution in [0, 0.1) is 0 Å². The van der Waals surface area contributed by atoms with Crippen molar-refractivity contribution in [1.29, 1.82) is 0 Å². The van der Waals surface area contributed by atoms with E-state index in [0.29, 0.717) is 12.6 Å². The van der Waals surface area contributed by atoms with Crippen molar-refractivity contribution in [1.82, 2.24) is 25.4 Å². The highest BCUT2D eigenvalue weighted by Crippen LogP contribution is 2.28. The molecule has 2 aromatic rings. The molecule has 0 spiro atoms. The van der Waals surface area contributed by atoms with Crippen LogP contribution in [-0.2, 0) is 13.1 Å². The van der Waals surface area contributed by atoms with Gasteiger partial charge in [0.15, 0.2) is 5.96 Å². The average Bonchev–Trinajstić information content (AvgIpc) is 3.32. The summed E-state index contributed by atoms with van der Waals surface area (Å²) in [5.41, 5.74) is 2.41. The summed E-state index contributed by atoms with van der Waals surface area (Å²) in [5.74, 6) is 0.918. The molecular formula is C19H29IN6S. The summed E-state index contributed by atoms with van der Waals surface area (Å²) >= 11 is 1.98. The Morgan fingerprint density at radius 2 is 2.19 bits per heavy atom. The molecule has 1 aromatic heterocycles. The number of hydrogen-bond acceptors (Lipinski definition) is 4. The number of nitrogens with zero attached hydrogens (tertiary/aromatic N) is 4. The van der Waals surface area contributed by atoms with Gasteiger partial charge in [-0.25, -0.2) is 14.7 Å². The molecule has 3 rings (SSSR count). The summed E-state index contributed by atoms with van der Waals surface area (Å²) in [5, 5.41) is 11.9. The van der Waals surface area contributed by atoms with Gasteiger partial charge in [0.25, 0.3) is 0 Å². The van der Waals surface area contributed by atoms with Gasteiger partial charge >= 0.3 is 0 Å². The summed E-state index contributed by atoms with van der Waals surface area (Å²) in [6.07, 6.45) is 9.25. The van der Waals surface area contributed by atoms with Crippen LogP contribution in [0.3, 0.4) is 0 Å². The van der Waals surface area contributed by atoms with E-state index >= 15 is 0 Å². The van der Waals surface area contributed by atoms with E-state index in [1.807, 2.05) is 16.4 Å². The largest absolute Gasteiger partial charge is 0.357 e. The Balaban J connectivity index is 0.00000261. The SMILES string of the molecule is CCNC(=NCc1cccc(Cn2cncn2)c1)NC1CCC(SC)C1.I. The number of guanidine groups is 1. The molecule has 0 radical (unpaired) electrons. The Hall–Kier alpha value is -1.29. The zero-order chi connectivity index (χ0) is 18.2. The van der Waals surface area contributed by atoms with Crippen molar-refractivity contribution in [2.24, 2.45) is 4.99 Å². The lowest BCUT2D eigenvalue weighted by atomic mass is 10.1. The minimum Gasteiger partial charge on any atom is -0.357 e. The van der Waals surface area contributed by atoms with Gasteiger partial charge in [0, 0.05) is 17.8 Å². The molecule has 1 aliphatic rings.